The number of carbonyl (C=O) groups is 1. The molecule has 0 bridgehead atoms. The number of likely N-dealkylation sites (tertiary alicyclic amines) is 1. The molecule has 17 heavy (non-hydrogen) atoms. The fourth-order valence-corrected chi connectivity index (χ4v) is 1.69. The van der Waals surface area contributed by atoms with Gasteiger partial charge in [0.05, 0.1) is 19.2 Å². The summed E-state index contributed by atoms with van der Waals surface area (Å²) in [5, 5.41) is 0. The topological polar surface area (TPSA) is 64.8 Å². The van der Waals surface area contributed by atoms with E-state index in [4.69, 9.17) is 10.6 Å². The van der Waals surface area contributed by atoms with Crippen molar-refractivity contribution in [1.82, 2.24) is 4.90 Å². The van der Waals surface area contributed by atoms with Gasteiger partial charge < -0.3 is 9.57 Å². The van der Waals surface area contributed by atoms with Gasteiger partial charge in [-0.2, -0.15) is 0 Å². The van der Waals surface area contributed by atoms with E-state index in [0.717, 1.165) is 4.90 Å². The van der Waals surface area contributed by atoms with Crippen LogP contribution in [0.1, 0.15) is 27.2 Å². The predicted molar refractivity (Wildman–Crippen MR) is 56.4 cm³/mol. The number of carbonyl (C=O) groups excluding carboxylic acids is 1. The third-order valence-corrected chi connectivity index (χ3v) is 2.29. The number of alkyl halides is 2. The van der Waals surface area contributed by atoms with Crippen molar-refractivity contribution in [3.05, 3.63) is 0 Å². The second-order valence-electron chi connectivity index (χ2n) is 5.16. The summed E-state index contributed by atoms with van der Waals surface area (Å²) in [7, 11) is 0. The number of nitrogens with zero attached hydrogens (tertiary/aromatic N) is 1. The van der Waals surface area contributed by atoms with Crippen molar-refractivity contribution in [2.45, 2.75) is 44.8 Å². The molecule has 0 saturated carbocycles. The Hall–Kier alpha value is -0.950. The molecule has 0 aromatic heterocycles. The second kappa shape index (κ2) is 4.73. The van der Waals surface area contributed by atoms with Crippen LogP contribution in [0.3, 0.4) is 0 Å². The summed E-state index contributed by atoms with van der Waals surface area (Å²) in [4.78, 5) is 17.0. The lowest BCUT2D eigenvalue weighted by Crippen LogP contribution is -2.42. The number of halogens is 2. The van der Waals surface area contributed by atoms with E-state index in [0.29, 0.717) is 0 Å². The van der Waals surface area contributed by atoms with Crippen LogP contribution in [-0.4, -0.2) is 41.7 Å². The highest BCUT2D eigenvalue weighted by Gasteiger charge is 2.48. The van der Waals surface area contributed by atoms with E-state index in [1.54, 1.807) is 20.8 Å². The molecule has 100 valence electrons. The molecule has 1 rings (SSSR count). The molecule has 1 amide bonds. The highest BCUT2D eigenvalue weighted by atomic mass is 19.3. The first-order chi connectivity index (χ1) is 7.64. The van der Waals surface area contributed by atoms with Crippen molar-refractivity contribution in [3.8, 4) is 0 Å². The minimum atomic E-state index is -2.92. The van der Waals surface area contributed by atoms with Crippen LogP contribution in [0.5, 0.6) is 0 Å². The van der Waals surface area contributed by atoms with Crippen LogP contribution in [0.15, 0.2) is 0 Å². The SMILES string of the molecule is CC(C)(C)OC(=O)N1CC(F)(F)CC1CON. The number of hydrogen-bond acceptors (Lipinski definition) is 4. The highest BCUT2D eigenvalue weighted by molar-refractivity contribution is 5.69. The molecule has 5 nitrogen and oxygen atoms in total. The maximum Gasteiger partial charge on any atom is 0.410 e. The van der Waals surface area contributed by atoms with Gasteiger partial charge in [-0.1, -0.05) is 0 Å². The quantitative estimate of drug-likeness (QED) is 0.757. The molecule has 0 aromatic rings. The van der Waals surface area contributed by atoms with Crippen molar-refractivity contribution < 1.29 is 23.1 Å². The lowest BCUT2D eigenvalue weighted by atomic mass is 10.2. The Balaban J connectivity index is 2.70. The second-order valence-corrected chi connectivity index (χ2v) is 5.16. The molecule has 0 aromatic carbocycles. The van der Waals surface area contributed by atoms with Gasteiger partial charge in [-0.15, -0.1) is 0 Å². The standard InChI is InChI=1S/C10H18F2N2O3/c1-9(2,3)17-8(15)14-6-10(11,12)4-7(14)5-16-13/h7H,4-6,13H2,1-3H3. The van der Waals surface area contributed by atoms with Crippen molar-refractivity contribution >= 4 is 6.09 Å². The summed E-state index contributed by atoms with van der Waals surface area (Å²) in [6.07, 6.45) is -1.22. The zero-order valence-electron chi connectivity index (χ0n) is 10.2. The number of hydrogen-bond donors (Lipinski definition) is 1. The van der Waals surface area contributed by atoms with Crippen LogP contribution in [0.25, 0.3) is 0 Å². The fraction of sp³-hybridized carbons (Fsp3) is 0.900. The molecular formula is C10H18F2N2O3. The molecule has 1 aliphatic rings. The Morgan fingerprint density at radius 3 is 2.59 bits per heavy atom. The van der Waals surface area contributed by atoms with E-state index in [1.807, 2.05) is 0 Å². The molecule has 0 aliphatic carbocycles. The number of amides is 1. The molecule has 0 spiro atoms. The molecule has 1 heterocycles. The molecule has 2 N–H and O–H groups in total. The van der Waals surface area contributed by atoms with Gasteiger partial charge >= 0.3 is 6.09 Å². The first-order valence-corrected chi connectivity index (χ1v) is 5.34. The molecule has 1 aliphatic heterocycles. The van der Waals surface area contributed by atoms with Gasteiger partial charge in [0.15, 0.2) is 0 Å². The van der Waals surface area contributed by atoms with E-state index in [-0.39, 0.29) is 6.61 Å². The molecule has 1 fully saturated rings. The van der Waals surface area contributed by atoms with Gasteiger partial charge in [-0.25, -0.2) is 19.5 Å². The predicted octanol–water partition coefficient (Wildman–Crippen LogP) is 1.52. The summed E-state index contributed by atoms with van der Waals surface area (Å²) in [5.41, 5.74) is -0.719. The van der Waals surface area contributed by atoms with E-state index in [1.165, 1.54) is 0 Å². The van der Waals surface area contributed by atoms with Crippen molar-refractivity contribution in [2.24, 2.45) is 5.90 Å². The molecule has 1 atom stereocenters. The van der Waals surface area contributed by atoms with E-state index >= 15 is 0 Å². The first kappa shape index (κ1) is 14.1. The summed E-state index contributed by atoms with van der Waals surface area (Å²) in [5.74, 6) is 1.95. The van der Waals surface area contributed by atoms with Crippen molar-refractivity contribution in [3.63, 3.8) is 0 Å². The lowest BCUT2D eigenvalue weighted by molar-refractivity contribution is -0.00364. The Kier molecular flexibility index (Phi) is 3.93. The van der Waals surface area contributed by atoms with E-state index in [2.05, 4.69) is 4.84 Å². The number of ether oxygens (including phenoxy) is 1. The van der Waals surface area contributed by atoms with Crippen LogP contribution in [0, 0.1) is 0 Å². The van der Waals surface area contributed by atoms with Gasteiger partial charge in [0.1, 0.15) is 5.60 Å². The van der Waals surface area contributed by atoms with Gasteiger partial charge in [0.2, 0.25) is 0 Å². The number of rotatable bonds is 2. The Labute approximate surface area is 98.8 Å². The minimum Gasteiger partial charge on any atom is -0.444 e. The number of nitrogens with two attached hydrogens (primary N) is 1. The maximum atomic E-state index is 13.2. The highest BCUT2D eigenvalue weighted by Crippen LogP contribution is 2.33. The van der Waals surface area contributed by atoms with Gasteiger partial charge in [-0.05, 0) is 20.8 Å². The molecular weight excluding hydrogens is 234 g/mol. The molecule has 1 unspecified atom stereocenters. The summed E-state index contributed by atoms with van der Waals surface area (Å²) in [6, 6.07) is -0.746. The van der Waals surface area contributed by atoms with Gasteiger partial charge in [0.25, 0.3) is 5.92 Å². The molecule has 0 radical (unpaired) electrons. The Morgan fingerprint density at radius 2 is 2.12 bits per heavy atom. The maximum absolute atomic E-state index is 13.2. The van der Waals surface area contributed by atoms with Gasteiger partial charge in [0, 0.05) is 6.42 Å². The Bertz CT molecular complexity index is 292. The van der Waals surface area contributed by atoms with Crippen molar-refractivity contribution in [1.29, 1.82) is 0 Å². The van der Waals surface area contributed by atoms with Crippen LogP contribution >= 0.6 is 0 Å². The monoisotopic (exact) mass is 252 g/mol. The summed E-state index contributed by atoms with van der Waals surface area (Å²) >= 11 is 0. The first-order valence-electron chi connectivity index (χ1n) is 5.34. The largest absolute Gasteiger partial charge is 0.444 e. The van der Waals surface area contributed by atoms with Crippen molar-refractivity contribution in [2.75, 3.05) is 13.2 Å². The average Bonchev–Trinajstić information content (AvgIpc) is 2.39. The van der Waals surface area contributed by atoms with Crippen LogP contribution in [0.4, 0.5) is 13.6 Å². The van der Waals surface area contributed by atoms with Gasteiger partial charge in [-0.3, -0.25) is 4.90 Å². The van der Waals surface area contributed by atoms with Crippen LogP contribution < -0.4 is 5.90 Å². The third kappa shape index (κ3) is 4.08. The van der Waals surface area contributed by atoms with E-state index in [9.17, 15) is 13.6 Å². The molecule has 7 heteroatoms. The lowest BCUT2D eigenvalue weighted by Gasteiger charge is -2.27. The zero-order valence-corrected chi connectivity index (χ0v) is 10.2. The average molecular weight is 252 g/mol. The summed E-state index contributed by atoms with van der Waals surface area (Å²) < 4.78 is 31.5. The van der Waals surface area contributed by atoms with Crippen LogP contribution in [-0.2, 0) is 9.57 Å². The fourth-order valence-electron chi connectivity index (χ4n) is 1.69. The smallest absolute Gasteiger partial charge is 0.410 e. The van der Waals surface area contributed by atoms with Crippen LogP contribution in [0.2, 0.25) is 0 Å². The van der Waals surface area contributed by atoms with E-state index < -0.39 is 36.6 Å². The normalized spacial score (nSPS) is 23.9. The Morgan fingerprint density at radius 1 is 1.53 bits per heavy atom. The molecule has 1 saturated heterocycles. The zero-order chi connectivity index (χ0) is 13.3. The third-order valence-electron chi connectivity index (χ3n) is 2.29. The minimum absolute atomic E-state index is 0.130. The summed E-state index contributed by atoms with van der Waals surface area (Å²) in [6.45, 7) is 4.24.